The first-order chi connectivity index (χ1) is 10.6. The van der Waals surface area contributed by atoms with Crippen molar-refractivity contribution >= 4 is 11.6 Å². The Morgan fingerprint density at radius 3 is 2.73 bits per heavy atom. The third-order valence-electron chi connectivity index (χ3n) is 4.84. The molecule has 1 aliphatic heterocycles. The van der Waals surface area contributed by atoms with Crippen LogP contribution in [0, 0.1) is 0 Å². The minimum atomic E-state index is -0.0322. The molecule has 1 aliphatic carbocycles. The van der Waals surface area contributed by atoms with E-state index in [0.29, 0.717) is 18.0 Å². The summed E-state index contributed by atoms with van der Waals surface area (Å²) >= 11 is 0. The number of nitrogens with zero attached hydrogens (tertiary/aromatic N) is 2. The number of aromatic nitrogens is 1. The Bertz CT molecular complexity index is 555. The third kappa shape index (κ3) is 2.76. The fourth-order valence-electron chi connectivity index (χ4n) is 3.95. The van der Waals surface area contributed by atoms with E-state index < -0.39 is 0 Å². The zero-order chi connectivity index (χ0) is 15.7. The second-order valence-electron chi connectivity index (χ2n) is 6.44. The Morgan fingerprint density at radius 1 is 1.36 bits per heavy atom. The van der Waals surface area contributed by atoms with E-state index in [1.165, 1.54) is 25.7 Å². The van der Waals surface area contributed by atoms with Gasteiger partial charge < -0.3 is 15.0 Å². The number of fused-ring (bicyclic) bond motifs is 1. The highest BCUT2D eigenvalue weighted by atomic mass is 16.5. The van der Waals surface area contributed by atoms with Crippen molar-refractivity contribution in [2.75, 3.05) is 12.0 Å². The molecule has 1 aromatic rings. The first kappa shape index (κ1) is 15.1. The zero-order valence-electron chi connectivity index (χ0n) is 13.6. The van der Waals surface area contributed by atoms with Crippen LogP contribution in [0.3, 0.4) is 0 Å². The molecule has 0 bridgehead atoms. The molecule has 22 heavy (non-hydrogen) atoms. The topological polar surface area (TPSA) is 54.5 Å². The Balaban J connectivity index is 2.00. The van der Waals surface area contributed by atoms with Crippen molar-refractivity contribution < 1.29 is 9.53 Å². The fourth-order valence-corrected chi connectivity index (χ4v) is 3.95. The molecule has 2 heterocycles. The van der Waals surface area contributed by atoms with Gasteiger partial charge in [0.1, 0.15) is 0 Å². The third-order valence-corrected chi connectivity index (χ3v) is 4.84. The maximum Gasteiger partial charge on any atom is 0.217 e. The van der Waals surface area contributed by atoms with Crippen LogP contribution in [0.4, 0.5) is 5.69 Å². The largest absolute Gasteiger partial charge is 0.481 e. The maximum absolute atomic E-state index is 11.5. The van der Waals surface area contributed by atoms with E-state index in [2.05, 4.69) is 28.2 Å². The van der Waals surface area contributed by atoms with Gasteiger partial charge in [-0.3, -0.25) is 4.79 Å². The van der Waals surface area contributed by atoms with Crippen molar-refractivity contribution in [3.8, 4) is 5.88 Å². The van der Waals surface area contributed by atoms with Crippen LogP contribution < -0.4 is 15.0 Å². The average molecular weight is 303 g/mol. The molecular weight excluding hydrogens is 278 g/mol. The summed E-state index contributed by atoms with van der Waals surface area (Å²) in [4.78, 5) is 18.7. The molecule has 0 spiro atoms. The monoisotopic (exact) mass is 303 g/mol. The van der Waals surface area contributed by atoms with E-state index in [0.717, 1.165) is 17.8 Å². The molecule has 1 saturated carbocycles. The molecule has 3 rings (SSSR count). The molecule has 0 aromatic carbocycles. The van der Waals surface area contributed by atoms with Crippen LogP contribution in [0.1, 0.15) is 57.7 Å². The number of rotatable bonds is 3. The van der Waals surface area contributed by atoms with E-state index >= 15 is 0 Å². The summed E-state index contributed by atoms with van der Waals surface area (Å²) in [5.41, 5.74) is 2.10. The van der Waals surface area contributed by atoms with Gasteiger partial charge in [-0.05, 0) is 32.3 Å². The Hall–Kier alpha value is -1.78. The second kappa shape index (κ2) is 6.15. The van der Waals surface area contributed by atoms with Gasteiger partial charge in [-0.25, -0.2) is 4.98 Å². The van der Waals surface area contributed by atoms with Crippen molar-refractivity contribution in [3.05, 3.63) is 17.8 Å². The number of nitrogens with one attached hydrogen (secondary N) is 1. The van der Waals surface area contributed by atoms with Gasteiger partial charge in [0.05, 0.1) is 24.5 Å². The van der Waals surface area contributed by atoms with Crippen LogP contribution in [0.25, 0.3) is 0 Å². The van der Waals surface area contributed by atoms with Crippen LogP contribution in [0.2, 0.25) is 0 Å². The van der Waals surface area contributed by atoms with Gasteiger partial charge in [-0.1, -0.05) is 12.8 Å². The molecule has 0 saturated heterocycles. The summed E-state index contributed by atoms with van der Waals surface area (Å²) in [6.07, 6.45) is 6.01. The number of hydrogen-bond donors (Lipinski definition) is 1. The molecule has 5 nitrogen and oxygen atoms in total. The quantitative estimate of drug-likeness (QED) is 0.933. The molecular formula is C17H25N3O2. The number of ether oxygens (including phenoxy) is 1. The number of carbonyl (C=O) groups excluding carboxylic acids is 1. The van der Waals surface area contributed by atoms with Gasteiger partial charge in [0.25, 0.3) is 0 Å². The van der Waals surface area contributed by atoms with Crippen molar-refractivity contribution in [1.82, 2.24) is 10.3 Å². The number of amides is 1. The molecule has 1 N–H and O–H groups in total. The summed E-state index contributed by atoms with van der Waals surface area (Å²) in [7, 11) is 1.63. The Kier molecular flexibility index (Phi) is 4.23. The highest BCUT2D eigenvalue weighted by molar-refractivity contribution is 5.74. The minimum absolute atomic E-state index is 0.0120. The predicted octanol–water partition coefficient (Wildman–Crippen LogP) is 2.81. The summed E-state index contributed by atoms with van der Waals surface area (Å²) in [6.45, 7) is 3.81. The standard InChI is InChI=1S/C17H25N3O2/c1-11-10-14(18-12(2)21)17-15(8-9-16(19-17)22-3)20(11)13-6-4-5-7-13/h8-9,11,13-14H,4-7,10H2,1-3H3,(H,18,21)/t11-,14+/m0/s1. The highest BCUT2D eigenvalue weighted by Crippen LogP contribution is 2.41. The van der Waals surface area contributed by atoms with Crippen molar-refractivity contribution in [2.24, 2.45) is 0 Å². The van der Waals surface area contributed by atoms with Crippen LogP contribution in [0.5, 0.6) is 5.88 Å². The minimum Gasteiger partial charge on any atom is -0.481 e. The predicted molar refractivity (Wildman–Crippen MR) is 86.2 cm³/mol. The van der Waals surface area contributed by atoms with Crippen molar-refractivity contribution in [1.29, 1.82) is 0 Å². The molecule has 1 fully saturated rings. The van der Waals surface area contributed by atoms with Gasteiger partial charge in [0.2, 0.25) is 11.8 Å². The maximum atomic E-state index is 11.5. The molecule has 2 aliphatic rings. The van der Waals surface area contributed by atoms with Gasteiger partial charge in [0, 0.05) is 25.1 Å². The average Bonchev–Trinajstić information content (AvgIpc) is 3.00. The molecule has 0 unspecified atom stereocenters. The Morgan fingerprint density at radius 2 is 2.09 bits per heavy atom. The zero-order valence-corrected chi connectivity index (χ0v) is 13.6. The second-order valence-corrected chi connectivity index (χ2v) is 6.44. The van der Waals surface area contributed by atoms with Crippen molar-refractivity contribution in [2.45, 2.75) is 64.1 Å². The lowest BCUT2D eigenvalue weighted by Crippen LogP contribution is -2.47. The molecule has 2 atom stereocenters. The number of methoxy groups -OCH3 is 1. The number of hydrogen-bond acceptors (Lipinski definition) is 4. The van der Waals surface area contributed by atoms with Crippen LogP contribution in [-0.2, 0) is 4.79 Å². The Labute approximate surface area is 132 Å². The normalized spacial score (nSPS) is 25.0. The van der Waals surface area contributed by atoms with Gasteiger partial charge in [-0.15, -0.1) is 0 Å². The van der Waals surface area contributed by atoms with Gasteiger partial charge in [0.15, 0.2) is 0 Å². The summed E-state index contributed by atoms with van der Waals surface area (Å²) in [5, 5.41) is 3.05. The molecule has 1 amide bonds. The molecule has 1 aromatic heterocycles. The van der Waals surface area contributed by atoms with E-state index in [1.807, 2.05) is 6.07 Å². The summed E-state index contributed by atoms with van der Waals surface area (Å²) in [6, 6.07) is 4.99. The van der Waals surface area contributed by atoms with E-state index in [1.54, 1.807) is 14.0 Å². The summed E-state index contributed by atoms with van der Waals surface area (Å²) in [5.74, 6) is 0.595. The number of carbonyl (C=O) groups is 1. The lowest BCUT2D eigenvalue weighted by atomic mass is 9.93. The molecule has 120 valence electrons. The van der Waals surface area contributed by atoms with E-state index in [9.17, 15) is 4.79 Å². The number of anilines is 1. The highest BCUT2D eigenvalue weighted by Gasteiger charge is 2.36. The first-order valence-electron chi connectivity index (χ1n) is 8.20. The van der Waals surface area contributed by atoms with Crippen LogP contribution in [0.15, 0.2) is 12.1 Å². The SMILES string of the molecule is COc1ccc2c(n1)[C@H](NC(C)=O)C[C@H](C)N2C1CCCC1. The smallest absolute Gasteiger partial charge is 0.217 e. The van der Waals surface area contributed by atoms with Gasteiger partial charge in [-0.2, -0.15) is 0 Å². The van der Waals surface area contributed by atoms with E-state index in [4.69, 9.17) is 4.74 Å². The van der Waals surface area contributed by atoms with E-state index in [-0.39, 0.29) is 11.9 Å². The first-order valence-corrected chi connectivity index (χ1v) is 8.20. The van der Waals surface area contributed by atoms with Crippen LogP contribution in [-0.4, -0.2) is 30.1 Å². The lowest BCUT2D eigenvalue weighted by molar-refractivity contribution is -0.119. The molecule has 0 radical (unpaired) electrons. The molecule has 5 heteroatoms. The number of pyridine rings is 1. The van der Waals surface area contributed by atoms with Crippen molar-refractivity contribution in [3.63, 3.8) is 0 Å². The summed E-state index contributed by atoms with van der Waals surface area (Å²) < 4.78 is 5.28. The van der Waals surface area contributed by atoms with Gasteiger partial charge >= 0.3 is 0 Å². The van der Waals surface area contributed by atoms with Crippen LogP contribution >= 0.6 is 0 Å². The lowest BCUT2D eigenvalue weighted by Gasteiger charge is -2.43. The fraction of sp³-hybridized carbons (Fsp3) is 0.647.